The second-order valence-corrected chi connectivity index (χ2v) is 5.20. The van der Waals surface area contributed by atoms with Crippen LogP contribution in [0.1, 0.15) is 5.56 Å². The predicted octanol–water partition coefficient (Wildman–Crippen LogP) is -0.1000. The fourth-order valence-corrected chi connectivity index (χ4v) is 2.58. The maximum atomic E-state index is 5.26. The van der Waals surface area contributed by atoms with Crippen LogP contribution in [0.3, 0.4) is 0 Å². The summed E-state index contributed by atoms with van der Waals surface area (Å²) in [6.07, 6.45) is 0. The molecule has 1 aliphatic rings. The minimum atomic E-state index is 0.864. The minimum absolute atomic E-state index is 0.864. The molecular formula is C14H22N3OS+. The van der Waals surface area contributed by atoms with E-state index in [9.17, 15) is 0 Å². The molecule has 0 saturated carbocycles. The summed E-state index contributed by atoms with van der Waals surface area (Å²) in [7, 11) is 3.59. The summed E-state index contributed by atoms with van der Waals surface area (Å²) in [5.74, 6) is 0.919. The molecule has 4 nitrogen and oxygen atoms in total. The van der Waals surface area contributed by atoms with E-state index in [0.717, 1.165) is 43.6 Å². The highest BCUT2D eigenvalue weighted by Crippen LogP contribution is 2.10. The normalized spacial score (nSPS) is 16.2. The Bertz CT molecular complexity index is 413. The summed E-state index contributed by atoms with van der Waals surface area (Å²) >= 11 is 5.26. The lowest BCUT2D eigenvalue weighted by molar-refractivity contribution is -0.917. The van der Waals surface area contributed by atoms with Crippen LogP contribution in [0.4, 0.5) is 0 Å². The number of hydrogen-bond acceptors (Lipinski definition) is 2. The van der Waals surface area contributed by atoms with E-state index in [1.165, 1.54) is 5.56 Å². The van der Waals surface area contributed by atoms with Gasteiger partial charge in [-0.3, -0.25) is 0 Å². The van der Waals surface area contributed by atoms with Gasteiger partial charge in [0, 0.05) is 12.6 Å². The smallest absolute Gasteiger partial charge is 0.169 e. The number of methoxy groups -OCH3 is 1. The fourth-order valence-electron chi connectivity index (χ4n) is 2.39. The number of ether oxygens (including phenoxy) is 1. The Morgan fingerprint density at radius 1 is 1.32 bits per heavy atom. The van der Waals surface area contributed by atoms with E-state index in [1.54, 1.807) is 12.0 Å². The second kappa shape index (κ2) is 6.73. The summed E-state index contributed by atoms with van der Waals surface area (Å²) < 4.78 is 5.18. The van der Waals surface area contributed by atoms with Crippen LogP contribution in [0.5, 0.6) is 5.75 Å². The van der Waals surface area contributed by atoms with E-state index in [0.29, 0.717) is 0 Å². The van der Waals surface area contributed by atoms with Crippen molar-refractivity contribution < 1.29 is 9.64 Å². The highest BCUT2D eigenvalue weighted by atomic mass is 32.1. The zero-order valence-corrected chi connectivity index (χ0v) is 12.4. The Morgan fingerprint density at radius 2 is 1.95 bits per heavy atom. The van der Waals surface area contributed by atoms with Crippen LogP contribution in [-0.2, 0) is 6.54 Å². The topological polar surface area (TPSA) is 28.9 Å². The third kappa shape index (κ3) is 3.81. The Hall–Kier alpha value is -1.33. The Balaban J connectivity index is 1.83. The average molecular weight is 280 g/mol. The third-order valence-corrected chi connectivity index (χ3v) is 4.05. The Morgan fingerprint density at radius 3 is 2.47 bits per heavy atom. The van der Waals surface area contributed by atoms with Gasteiger partial charge in [-0.25, -0.2) is 0 Å². The molecule has 1 aromatic carbocycles. The molecule has 19 heavy (non-hydrogen) atoms. The van der Waals surface area contributed by atoms with Gasteiger partial charge in [-0.15, -0.1) is 0 Å². The summed E-state index contributed by atoms with van der Waals surface area (Å²) in [6.45, 7) is 5.40. The lowest BCUT2D eigenvalue weighted by Crippen LogP contribution is -3.13. The molecular weight excluding hydrogens is 258 g/mol. The van der Waals surface area contributed by atoms with Gasteiger partial charge in [-0.1, -0.05) is 0 Å². The highest BCUT2D eigenvalue weighted by Gasteiger charge is 2.21. The SMILES string of the molecule is CNC(=S)N1CC[NH+](Cc2ccc(OC)cc2)CC1. The molecule has 0 unspecified atom stereocenters. The summed E-state index contributed by atoms with van der Waals surface area (Å²) in [6, 6.07) is 8.36. The zero-order chi connectivity index (χ0) is 13.7. The lowest BCUT2D eigenvalue weighted by Gasteiger charge is -2.33. The maximum absolute atomic E-state index is 5.26. The van der Waals surface area contributed by atoms with Crippen LogP contribution < -0.4 is 15.0 Å². The summed E-state index contributed by atoms with van der Waals surface area (Å²) in [5, 5.41) is 3.91. The van der Waals surface area contributed by atoms with Gasteiger partial charge in [0.1, 0.15) is 12.3 Å². The van der Waals surface area contributed by atoms with Crippen LogP contribution in [0.15, 0.2) is 24.3 Å². The van der Waals surface area contributed by atoms with Crippen molar-refractivity contribution in [1.29, 1.82) is 0 Å². The molecule has 0 aromatic heterocycles. The zero-order valence-electron chi connectivity index (χ0n) is 11.6. The van der Waals surface area contributed by atoms with E-state index in [1.807, 2.05) is 19.2 Å². The van der Waals surface area contributed by atoms with Crippen LogP contribution in [0, 0.1) is 0 Å². The third-order valence-electron chi connectivity index (χ3n) is 3.58. The van der Waals surface area contributed by atoms with Crippen molar-refractivity contribution in [2.45, 2.75) is 6.54 Å². The van der Waals surface area contributed by atoms with Gasteiger partial charge >= 0.3 is 0 Å². The van der Waals surface area contributed by atoms with Crippen molar-refractivity contribution in [1.82, 2.24) is 10.2 Å². The lowest BCUT2D eigenvalue weighted by atomic mass is 10.2. The van der Waals surface area contributed by atoms with Gasteiger partial charge in [0.25, 0.3) is 0 Å². The molecule has 0 atom stereocenters. The largest absolute Gasteiger partial charge is 0.497 e. The average Bonchev–Trinajstić information content (AvgIpc) is 2.48. The molecule has 0 radical (unpaired) electrons. The molecule has 1 aliphatic heterocycles. The van der Waals surface area contributed by atoms with Crippen LogP contribution in [-0.4, -0.2) is 50.3 Å². The van der Waals surface area contributed by atoms with Gasteiger partial charge < -0.3 is 19.9 Å². The first-order chi connectivity index (χ1) is 9.22. The molecule has 0 aliphatic carbocycles. The van der Waals surface area contributed by atoms with Crippen molar-refractivity contribution in [3.63, 3.8) is 0 Å². The standard InChI is InChI=1S/C14H21N3OS/c1-15-14(19)17-9-7-16(8-10-17)11-12-3-5-13(18-2)6-4-12/h3-6H,7-11H2,1-2H3,(H,15,19)/p+1. The van der Waals surface area contributed by atoms with E-state index in [2.05, 4.69) is 22.3 Å². The molecule has 0 bridgehead atoms. The van der Waals surface area contributed by atoms with Gasteiger partial charge in [0.05, 0.1) is 33.3 Å². The van der Waals surface area contributed by atoms with Crippen molar-refractivity contribution in [2.24, 2.45) is 0 Å². The van der Waals surface area contributed by atoms with Gasteiger partial charge in [0.15, 0.2) is 5.11 Å². The van der Waals surface area contributed by atoms with Crippen LogP contribution >= 0.6 is 12.2 Å². The van der Waals surface area contributed by atoms with Crippen molar-refractivity contribution >= 4 is 17.3 Å². The van der Waals surface area contributed by atoms with Crippen molar-refractivity contribution in [3.8, 4) is 5.75 Å². The first-order valence-corrected chi connectivity index (χ1v) is 7.07. The summed E-state index contributed by atoms with van der Waals surface area (Å²) in [4.78, 5) is 3.85. The molecule has 0 amide bonds. The van der Waals surface area contributed by atoms with Gasteiger partial charge in [-0.2, -0.15) is 0 Å². The van der Waals surface area contributed by atoms with Crippen molar-refractivity contribution in [2.75, 3.05) is 40.3 Å². The van der Waals surface area contributed by atoms with Gasteiger partial charge in [-0.05, 0) is 36.5 Å². The number of thiocarbonyl (C=S) groups is 1. The van der Waals surface area contributed by atoms with Gasteiger partial charge in [0.2, 0.25) is 0 Å². The molecule has 1 aromatic rings. The van der Waals surface area contributed by atoms with E-state index < -0.39 is 0 Å². The first kappa shape index (κ1) is 14.1. The fraction of sp³-hybridized carbons (Fsp3) is 0.500. The number of piperazine rings is 1. The molecule has 5 heteroatoms. The Kier molecular flexibility index (Phi) is 4.99. The molecule has 104 valence electrons. The molecule has 2 N–H and O–H groups in total. The number of quaternary nitrogens is 1. The number of benzene rings is 1. The quantitative estimate of drug-likeness (QED) is 0.757. The molecule has 1 heterocycles. The molecule has 1 saturated heterocycles. The number of rotatable bonds is 3. The minimum Gasteiger partial charge on any atom is -0.497 e. The molecule has 0 spiro atoms. The first-order valence-electron chi connectivity index (χ1n) is 6.66. The van der Waals surface area contributed by atoms with E-state index >= 15 is 0 Å². The second-order valence-electron chi connectivity index (χ2n) is 4.82. The van der Waals surface area contributed by atoms with Crippen LogP contribution in [0.25, 0.3) is 0 Å². The molecule has 2 rings (SSSR count). The van der Waals surface area contributed by atoms with Crippen LogP contribution in [0.2, 0.25) is 0 Å². The van der Waals surface area contributed by atoms with Crippen molar-refractivity contribution in [3.05, 3.63) is 29.8 Å². The summed E-state index contributed by atoms with van der Waals surface area (Å²) in [5.41, 5.74) is 1.36. The number of hydrogen-bond donors (Lipinski definition) is 2. The number of nitrogens with one attached hydrogen (secondary N) is 2. The van der Waals surface area contributed by atoms with E-state index in [4.69, 9.17) is 17.0 Å². The maximum Gasteiger partial charge on any atom is 0.169 e. The monoisotopic (exact) mass is 280 g/mol. The number of nitrogens with zero attached hydrogens (tertiary/aromatic N) is 1. The Labute approximate surface area is 120 Å². The highest BCUT2D eigenvalue weighted by molar-refractivity contribution is 7.80. The van der Waals surface area contributed by atoms with E-state index in [-0.39, 0.29) is 0 Å². The predicted molar refractivity (Wildman–Crippen MR) is 80.6 cm³/mol. The molecule has 1 fully saturated rings.